The average molecular weight is 257 g/mol. The van der Waals surface area contributed by atoms with E-state index in [0.29, 0.717) is 6.54 Å². The van der Waals surface area contributed by atoms with Gasteiger partial charge in [0, 0.05) is 12.6 Å². The highest BCUT2D eigenvalue weighted by Gasteiger charge is 2.05. The van der Waals surface area contributed by atoms with E-state index in [1.54, 1.807) is 12.3 Å². The summed E-state index contributed by atoms with van der Waals surface area (Å²) in [6.45, 7) is 7.40. The second kappa shape index (κ2) is 5.69. The fourth-order valence-electron chi connectivity index (χ4n) is 2.10. The normalized spacial score (nSPS) is 10.5. The monoisotopic (exact) mass is 257 g/mol. The maximum absolute atomic E-state index is 12.0. The molecule has 0 aliphatic carbocycles. The van der Waals surface area contributed by atoms with Gasteiger partial charge < -0.3 is 5.32 Å². The van der Waals surface area contributed by atoms with Crippen LogP contribution in [0.3, 0.4) is 0 Å². The number of nitrogens with one attached hydrogen (secondary N) is 1. The molecule has 0 aliphatic rings. The molecule has 2 aromatic rings. The zero-order valence-corrected chi connectivity index (χ0v) is 11.6. The highest BCUT2D eigenvalue weighted by molar-refractivity contribution is 5.39. The van der Waals surface area contributed by atoms with E-state index >= 15 is 0 Å². The summed E-state index contributed by atoms with van der Waals surface area (Å²) < 4.78 is 1.50. The molecule has 0 radical (unpaired) electrons. The van der Waals surface area contributed by atoms with Crippen LogP contribution in [0.1, 0.15) is 23.6 Å². The quantitative estimate of drug-likeness (QED) is 0.914. The van der Waals surface area contributed by atoms with Crippen molar-refractivity contribution in [2.45, 2.75) is 27.3 Å². The second-order valence-electron chi connectivity index (χ2n) is 4.64. The lowest BCUT2D eigenvalue weighted by Gasteiger charge is -2.11. The van der Waals surface area contributed by atoms with E-state index in [4.69, 9.17) is 0 Å². The minimum absolute atomic E-state index is 0.0823. The number of nitrogens with zero attached hydrogens (tertiary/aromatic N) is 2. The molecule has 1 heterocycles. The summed E-state index contributed by atoms with van der Waals surface area (Å²) in [5.74, 6) is 0. The molecule has 0 saturated carbocycles. The van der Waals surface area contributed by atoms with E-state index in [2.05, 4.69) is 36.4 Å². The Hall–Kier alpha value is -2.10. The Morgan fingerprint density at radius 2 is 1.95 bits per heavy atom. The van der Waals surface area contributed by atoms with Crippen LogP contribution in [0, 0.1) is 13.8 Å². The van der Waals surface area contributed by atoms with E-state index < -0.39 is 0 Å². The first-order chi connectivity index (χ1) is 9.11. The van der Waals surface area contributed by atoms with Gasteiger partial charge in [-0.25, -0.2) is 4.68 Å². The molecule has 0 saturated heterocycles. The molecule has 19 heavy (non-hydrogen) atoms. The van der Waals surface area contributed by atoms with E-state index in [9.17, 15) is 4.79 Å². The van der Waals surface area contributed by atoms with Crippen molar-refractivity contribution in [3.05, 3.63) is 57.5 Å². The van der Waals surface area contributed by atoms with Crippen LogP contribution < -0.4 is 10.9 Å². The van der Waals surface area contributed by atoms with Crippen LogP contribution in [-0.2, 0) is 6.54 Å². The molecular formula is C15H19N3O. The topological polar surface area (TPSA) is 46.9 Å². The van der Waals surface area contributed by atoms with Crippen molar-refractivity contribution in [2.75, 3.05) is 11.9 Å². The molecule has 2 rings (SSSR count). The molecular weight excluding hydrogens is 238 g/mol. The van der Waals surface area contributed by atoms with Gasteiger partial charge in [-0.05, 0) is 37.5 Å². The van der Waals surface area contributed by atoms with Crippen LogP contribution in [0.25, 0.3) is 0 Å². The highest BCUT2D eigenvalue weighted by atomic mass is 16.1. The summed E-state index contributed by atoms with van der Waals surface area (Å²) >= 11 is 0. The largest absolute Gasteiger partial charge is 0.384 e. The highest BCUT2D eigenvalue weighted by Crippen LogP contribution is 2.13. The second-order valence-corrected chi connectivity index (χ2v) is 4.64. The van der Waals surface area contributed by atoms with Gasteiger partial charge >= 0.3 is 0 Å². The number of benzene rings is 1. The Bertz CT molecular complexity index is 611. The van der Waals surface area contributed by atoms with Gasteiger partial charge in [-0.3, -0.25) is 4.79 Å². The maximum Gasteiger partial charge on any atom is 0.269 e. The zero-order chi connectivity index (χ0) is 13.8. The van der Waals surface area contributed by atoms with Crippen molar-refractivity contribution >= 4 is 5.69 Å². The SMILES string of the molecule is CCNc1cnn(Cc2c(C)cccc2C)c(=O)c1. The lowest BCUT2D eigenvalue weighted by molar-refractivity contribution is 0.635. The lowest BCUT2D eigenvalue weighted by atomic mass is 10.0. The van der Waals surface area contributed by atoms with Crippen LogP contribution in [0.15, 0.2) is 35.3 Å². The molecule has 0 spiro atoms. The summed E-state index contributed by atoms with van der Waals surface area (Å²) in [5, 5.41) is 7.30. The number of anilines is 1. The van der Waals surface area contributed by atoms with Crippen molar-refractivity contribution in [3.8, 4) is 0 Å². The first-order valence-corrected chi connectivity index (χ1v) is 6.48. The Morgan fingerprint density at radius 3 is 2.53 bits per heavy atom. The molecule has 0 bridgehead atoms. The molecule has 0 amide bonds. The molecule has 1 aromatic carbocycles. The van der Waals surface area contributed by atoms with Crippen LogP contribution in [0.4, 0.5) is 5.69 Å². The minimum Gasteiger partial charge on any atom is -0.384 e. The van der Waals surface area contributed by atoms with Gasteiger partial charge in [0.05, 0.1) is 18.4 Å². The number of hydrogen-bond acceptors (Lipinski definition) is 3. The van der Waals surface area contributed by atoms with E-state index in [1.165, 1.54) is 15.8 Å². The van der Waals surface area contributed by atoms with Gasteiger partial charge in [0.25, 0.3) is 5.56 Å². The van der Waals surface area contributed by atoms with Crippen molar-refractivity contribution in [1.29, 1.82) is 0 Å². The fourth-order valence-corrected chi connectivity index (χ4v) is 2.10. The zero-order valence-electron chi connectivity index (χ0n) is 11.6. The third kappa shape index (κ3) is 3.02. The standard InChI is InChI=1S/C15H19N3O/c1-4-16-13-8-15(19)18(17-9-13)10-14-11(2)6-5-7-12(14)3/h5-9,16H,4,10H2,1-3H3. The average Bonchev–Trinajstić information content (AvgIpc) is 2.37. The number of aryl methyl sites for hydroxylation is 2. The van der Waals surface area contributed by atoms with E-state index in [0.717, 1.165) is 17.8 Å². The maximum atomic E-state index is 12.0. The minimum atomic E-state index is -0.0823. The molecule has 4 heteroatoms. The molecule has 0 atom stereocenters. The van der Waals surface area contributed by atoms with Crippen molar-refractivity contribution in [3.63, 3.8) is 0 Å². The van der Waals surface area contributed by atoms with Crippen LogP contribution in [0.2, 0.25) is 0 Å². The Balaban J connectivity index is 2.31. The predicted molar refractivity (Wildman–Crippen MR) is 77.7 cm³/mol. The van der Waals surface area contributed by atoms with E-state index in [1.807, 2.05) is 13.0 Å². The Kier molecular flexibility index (Phi) is 4.00. The van der Waals surface area contributed by atoms with Gasteiger partial charge in [0.1, 0.15) is 0 Å². The number of aromatic nitrogens is 2. The van der Waals surface area contributed by atoms with Gasteiger partial charge in [0.15, 0.2) is 0 Å². The van der Waals surface area contributed by atoms with Gasteiger partial charge in [-0.2, -0.15) is 5.10 Å². The summed E-state index contributed by atoms with van der Waals surface area (Å²) in [6.07, 6.45) is 1.69. The predicted octanol–water partition coefficient (Wildman–Crippen LogP) is 2.34. The van der Waals surface area contributed by atoms with Crippen molar-refractivity contribution < 1.29 is 0 Å². The molecule has 0 fully saturated rings. The van der Waals surface area contributed by atoms with E-state index in [-0.39, 0.29) is 5.56 Å². The first kappa shape index (κ1) is 13.3. The summed E-state index contributed by atoms with van der Waals surface area (Å²) in [5.41, 5.74) is 4.22. The summed E-state index contributed by atoms with van der Waals surface area (Å²) in [4.78, 5) is 12.0. The van der Waals surface area contributed by atoms with Crippen LogP contribution in [-0.4, -0.2) is 16.3 Å². The third-order valence-electron chi connectivity index (χ3n) is 3.20. The van der Waals surface area contributed by atoms with Crippen molar-refractivity contribution in [1.82, 2.24) is 9.78 Å². The van der Waals surface area contributed by atoms with Gasteiger partial charge in [0.2, 0.25) is 0 Å². The third-order valence-corrected chi connectivity index (χ3v) is 3.20. The molecule has 1 aromatic heterocycles. The Labute approximate surface area is 113 Å². The van der Waals surface area contributed by atoms with Gasteiger partial charge in [-0.1, -0.05) is 18.2 Å². The smallest absolute Gasteiger partial charge is 0.269 e. The van der Waals surface area contributed by atoms with Crippen molar-refractivity contribution in [2.24, 2.45) is 0 Å². The first-order valence-electron chi connectivity index (χ1n) is 6.48. The fraction of sp³-hybridized carbons (Fsp3) is 0.333. The molecule has 0 aliphatic heterocycles. The molecule has 0 unspecified atom stereocenters. The lowest BCUT2D eigenvalue weighted by Crippen LogP contribution is -2.23. The van der Waals surface area contributed by atoms with Crippen LogP contribution >= 0.6 is 0 Å². The summed E-state index contributed by atoms with van der Waals surface area (Å²) in [6, 6.07) is 7.73. The van der Waals surface area contributed by atoms with Gasteiger partial charge in [-0.15, -0.1) is 0 Å². The Morgan fingerprint density at radius 1 is 1.26 bits per heavy atom. The number of hydrogen-bond donors (Lipinski definition) is 1. The number of rotatable bonds is 4. The summed E-state index contributed by atoms with van der Waals surface area (Å²) in [7, 11) is 0. The molecule has 100 valence electrons. The molecule has 4 nitrogen and oxygen atoms in total. The van der Waals surface area contributed by atoms with Crippen LogP contribution in [0.5, 0.6) is 0 Å². The molecule has 1 N–H and O–H groups in total.